The Morgan fingerprint density at radius 3 is 2.50 bits per heavy atom. The second-order valence-electron chi connectivity index (χ2n) is 3.90. The molecule has 2 nitrogen and oxygen atoms in total. The Bertz CT molecular complexity index is 159. The fourth-order valence-corrected chi connectivity index (χ4v) is 1.66. The van der Waals surface area contributed by atoms with E-state index in [1.54, 1.807) is 0 Å². The molecule has 0 heterocycles. The third kappa shape index (κ3) is 7.36. The van der Waals surface area contributed by atoms with Crippen LogP contribution < -0.4 is 5.32 Å². The van der Waals surface area contributed by atoms with Gasteiger partial charge in [0.2, 0.25) is 5.91 Å². The van der Waals surface area contributed by atoms with Crippen LogP contribution in [0.3, 0.4) is 0 Å². The van der Waals surface area contributed by atoms with Gasteiger partial charge in [0.05, 0.1) is 0 Å². The maximum atomic E-state index is 11.5. The predicted molar refractivity (Wildman–Crippen MR) is 64.7 cm³/mol. The van der Waals surface area contributed by atoms with E-state index in [1.165, 1.54) is 0 Å². The van der Waals surface area contributed by atoms with Gasteiger partial charge < -0.3 is 5.32 Å². The molecule has 0 saturated heterocycles. The molecule has 1 amide bonds. The summed E-state index contributed by atoms with van der Waals surface area (Å²) in [6.45, 7) is 7.03. The van der Waals surface area contributed by atoms with Gasteiger partial charge in [-0.1, -0.05) is 43.1 Å². The van der Waals surface area contributed by atoms with E-state index in [0.29, 0.717) is 4.83 Å². The first-order valence-corrected chi connectivity index (χ1v) is 6.41. The summed E-state index contributed by atoms with van der Waals surface area (Å²) in [6, 6.07) is 0. The molecule has 84 valence electrons. The van der Waals surface area contributed by atoms with Gasteiger partial charge in [0.25, 0.3) is 0 Å². The molecule has 0 fully saturated rings. The Morgan fingerprint density at radius 1 is 1.36 bits per heavy atom. The van der Waals surface area contributed by atoms with Crippen molar-refractivity contribution >= 4 is 21.8 Å². The standard InChI is InChI=1S/C11H22BrNO/c1-4-6-9(2)11(14)13-8-5-7-10(3)12/h9-10H,4-8H2,1-3H3,(H,13,14). The average Bonchev–Trinajstić information content (AvgIpc) is 2.12. The number of rotatable bonds is 7. The first-order chi connectivity index (χ1) is 6.57. The van der Waals surface area contributed by atoms with Crippen molar-refractivity contribution in [3.8, 4) is 0 Å². The minimum Gasteiger partial charge on any atom is -0.356 e. The van der Waals surface area contributed by atoms with Gasteiger partial charge in [-0.25, -0.2) is 0 Å². The van der Waals surface area contributed by atoms with E-state index in [1.807, 2.05) is 6.92 Å². The highest BCUT2D eigenvalue weighted by Crippen LogP contribution is 2.06. The summed E-state index contributed by atoms with van der Waals surface area (Å²) in [6.07, 6.45) is 4.23. The molecule has 0 aliphatic rings. The molecule has 0 aliphatic heterocycles. The fraction of sp³-hybridized carbons (Fsp3) is 0.909. The molecule has 0 spiro atoms. The summed E-state index contributed by atoms with van der Waals surface area (Å²) in [5.74, 6) is 0.371. The number of hydrogen-bond acceptors (Lipinski definition) is 1. The minimum absolute atomic E-state index is 0.168. The second kappa shape index (κ2) is 8.27. The number of halogens is 1. The molecule has 2 atom stereocenters. The van der Waals surface area contributed by atoms with Crippen molar-refractivity contribution in [3.63, 3.8) is 0 Å². The Kier molecular flexibility index (Phi) is 8.24. The Balaban J connectivity index is 3.44. The number of carbonyl (C=O) groups excluding carboxylic acids is 1. The summed E-state index contributed by atoms with van der Waals surface area (Å²) < 4.78 is 0. The molecule has 0 aliphatic carbocycles. The van der Waals surface area contributed by atoms with Gasteiger partial charge in [0.1, 0.15) is 0 Å². The Hall–Kier alpha value is -0.0500. The largest absolute Gasteiger partial charge is 0.356 e. The number of nitrogens with one attached hydrogen (secondary N) is 1. The lowest BCUT2D eigenvalue weighted by Crippen LogP contribution is -2.30. The van der Waals surface area contributed by atoms with Crippen molar-refractivity contribution in [1.82, 2.24) is 5.32 Å². The zero-order valence-corrected chi connectivity index (χ0v) is 11.1. The van der Waals surface area contributed by atoms with Crippen LogP contribution in [0.15, 0.2) is 0 Å². The van der Waals surface area contributed by atoms with Crippen molar-refractivity contribution in [2.75, 3.05) is 6.54 Å². The molecule has 1 N–H and O–H groups in total. The average molecular weight is 264 g/mol. The molecular weight excluding hydrogens is 242 g/mol. The Labute approximate surface area is 96.0 Å². The molecule has 0 bridgehead atoms. The summed E-state index contributed by atoms with van der Waals surface area (Å²) >= 11 is 3.48. The lowest BCUT2D eigenvalue weighted by molar-refractivity contribution is -0.124. The van der Waals surface area contributed by atoms with Gasteiger partial charge in [0, 0.05) is 17.3 Å². The molecule has 0 rings (SSSR count). The molecular formula is C11H22BrNO. The molecule has 0 aromatic heterocycles. The quantitative estimate of drug-likeness (QED) is 0.555. The molecule has 0 aromatic carbocycles. The van der Waals surface area contributed by atoms with E-state index < -0.39 is 0 Å². The highest BCUT2D eigenvalue weighted by Gasteiger charge is 2.10. The monoisotopic (exact) mass is 263 g/mol. The van der Waals surface area contributed by atoms with Crippen LogP contribution in [0.1, 0.15) is 46.5 Å². The van der Waals surface area contributed by atoms with Gasteiger partial charge in [-0.15, -0.1) is 0 Å². The highest BCUT2D eigenvalue weighted by molar-refractivity contribution is 9.09. The molecule has 0 radical (unpaired) electrons. The minimum atomic E-state index is 0.168. The van der Waals surface area contributed by atoms with Crippen LogP contribution in [0.25, 0.3) is 0 Å². The summed E-state index contributed by atoms with van der Waals surface area (Å²) in [7, 11) is 0. The van der Waals surface area contributed by atoms with Crippen molar-refractivity contribution in [2.45, 2.75) is 51.3 Å². The lowest BCUT2D eigenvalue weighted by atomic mass is 10.1. The lowest BCUT2D eigenvalue weighted by Gasteiger charge is -2.11. The third-order valence-corrected chi connectivity index (χ3v) is 2.71. The zero-order chi connectivity index (χ0) is 11.0. The maximum absolute atomic E-state index is 11.5. The normalized spacial score (nSPS) is 14.9. The van der Waals surface area contributed by atoms with Gasteiger partial charge >= 0.3 is 0 Å². The molecule has 3 heteroatoms. The molecule has 2 unspecified atom stereocenters. The van der Waals surface area contributed by atoms with Crippen molar-refractivity contribution in [1.29, 1.82) is 0 Å². The van der Waals surface area contributed by atoms with Crippen LogP contribution in [-0.4, -0.2) is 17.3 Å². The smallest absolute Gasteiger partial charge is 0.222 e. The number of carbonyl (C=O) groups is 1. The van der Waals surface area contributed by atoms with Crippen molar-refractivity contribution in [2.24, 2.45) is 5.92 Å². The van der Waals surface area contributed by atoms with Crippen LogP contribution in [0.4, 0.5) is 0 Å². The van der Waals surface area contributed by atoms with Crippen LogP contribution >= 0.6 is 15.9 Å². The Morgan fingerprint density at radius 2 is 2.00 bits per heavy atom. The van der Waals surface area contributed by atoms with Crippen molar-refractivity contribution in [3.05, 3.63) is 0 Å². The maximum Gasteiger partial charge on any atom is 0.222 e. The van der Waals surface area contributed by atoms with Crippen LogP contribution in [-0.2, 0) is 4.79 Å². The van der Waals surface area contributed by atoms with Gasteiger partial charge in [-0.05, 0) is 19.3 Å². The van der Waals surface area contributed by atoms with Crippen molar-refractivity contribution < 1.29 is 4.79 Å². The first-order valence-electron chi connectivity index (χ1n) is 5.49. The number of alkyl halides is 1. The highest BCUT2D eigenvalue weighted by atomic mass is 79.9. The van der Waals surface area contributed by atoms with Crippen LogP contribution in [0, 0.1) is 5.92 Å². The van der Waals surface area contributed by atoms with Crippen LogP contribution in [0.5, 0.6) is 0 Å². The SMILES string of the molecule is CCCC(C)C(=O)NCCCC(C)Br. The van der Waals surface area contributed by atoms with Gasteiger partial charge in [-0.2, -0.15) is 0 Å². The third-order valence-electron chi connectivity index (χ3n) is 2.25. The summed E-state index contributed by atoms with van der Waals surface area (Å²) in [5.41, 5.74) is 0. The molecule has 0 aromatic rings. The predicted octanol–water partition coefficient (Wildman–Crippen LogP) is 3.10. The summed E-state index contributed by atoms with van der Waals surface area (Å²) in [4.78, 5) is 12.0. The second-order valence-corrected chi connectivity index (χ2v) is 5.47. The number of hydrogen-bond donors (Lipinski definition) is 1. The van der Waals surface area contributed by atoms with E-state index in [2.05, 4.69) is 35.1 Å². The van der Waals surface area contributed by atoms with E-state index in [0.717, 1.165) is 32.2 Å². The van der Waals surface area contributed by atoms with E-state index in [-0.39, 0.29) is 11.8 Å². The first kappa shape index (κ1) is 13.9. The zero-order valence-electron chi connectivity index (χ0n) is 9.48. The van der Waals surface area contributed by atoms with E-state index in [9.17, 15) is 4.79 Å². The topological polar surface area (TPSA) is 29.1 Å². The van der Waals surface area contributed by atoms with E-state index >= 15 is 0 Å². The van der Waals surface area contributed by atoms with Gasteiger partial charge in [0.15, 0.2) is 0 Å². The van der Waals surface area contributed by atoms with Gasteiger partial charge in [-0.3, -0.25) is 4.79 Å². The molecule has 14 heavy (non-hydrogen) atoms. The molecule has 0 saturated carbocycles. The number of amides is 1. The van der Waals surface area contributed by atoms with Crippen LogP contribution in [0.2, 0.25) is 0 Å². The summed E-state index contributed by atoms with van der Waals surface area (Å²) in [5, 5.41) is 2.96. The van der Waals surface area contributed by atoms with E-state index in [4.69, 9.17) is 0 Å². The fourth-order valence-electron chi connectivity index (χ4n) is 1.33.